The average Bonchev–Trinajstić information content (AvgIpc) is 3.23. The van der Waals surface area contributed by atoms with E-state index in [1.807, 2.05) is 31.2 Å². The third kappa shape index (κ3) is 5.91. The summed E-state index contributed by atoms with van der Waals surface area (Å²) in [6.45, 7) is 4.62. The zero-order valence-corrected chi connectivity index (χ0v) is 22.8. The molecule has 1 aromatic heterocycles. The molecule has 0 spiro atoms. The highest BCUT2D eigenvalue weighted by Crippen LogP contribution is 2.42. The molecule has 8 nitrogen and oxygen atoms in total. The first-order valence-electron chi connectivity index (χ1n) is 13.3. The van der Waals surface area contributed by atoms with Gasteiger partial charge in [0, 0.05) is 24.5 Å². The summed E-state index contributed by atoms with van der Waals surface area (Å²) in [5, 5.41) is 21.7. The van der Waals surface area contributed by atoms with Crippen molar-refractivity contribution < 1.29 is 29.3 Å². The number of hydrogen-bond acceptors (Lipinski definition) is 7. The summed E-state index contributed by atoms with van der Waals surface area (Å²) in [5.41, 5.74) is 3.77. The van der Waals surface area contributed by atoms with Crippen LogP contribution in [0, 0.1) is 6.92 Å². The van der Waals surface area contributed by atoms with Crippen molar-refractivity contribution in [3.8, 4) is 17.2 Å². The number of amides is 1. The number of aromatic hydroxyl groups is 1. The van der Waals surface area contributed by atoms with Gasteiger partial charge in [-0.2, -0.15) is 0 Å². The minimum absolute atomic E-state index is 0.0503. The monoisotopic (exact) mass is 550 g/mol. The van der Waals surface area contributed by atoms with Crippen LogP contribution in [0.5, 0.6) is 17.2 Å². The van der Waals surface area contributed by atoms with E-state index in [1.165, 1.54) is 11.0 Å². The molecule has 0 unspecified atom stereocenters. The zero-order valence-electron chi connectivity index (χ0n) is 22.8. The Bertz CT molecular complexity index is 1600. The Hall–Kier alpha value is -5.11. The van der Waals surface area contributed by atoms with Crippen molar-refractivity contribution in [3.05, 3.63) is 125 Å². The summed E-state index contributed by atoms with van der Waals surface area (Å²) in [6, 6.07) is 22.0. The summed E-state index contributed by atoms with van der Waals surface area (Å²) in [6.07, 6.45) is 3.22. The highest BCUT2D eigenvalue weighted by molar-refractivity contribution is 6.46. The van der Waals surface area contributed by atoms with E-state index in [-0.39, 0.29) is 29.4 Å². The van der Waals surface area contributed by atoms with Crippen LogP contribution in [0.15, 0.2) is 96.8 Å². The van der Waals surface area contributed by atoms with E-state index in [1.54, 1.807) is 67.8 Å². The van der Waals surface area contributed by atoms with Crippen LogP contribution in [0.2, 0.25) is 0 Å². The lowest BCUT2D eigenvalue weighted by molar-refractivity contribution is -0.140. The molecule has 41 heavy (non-hydrogen) atoms. The minimum atomic E-state index is -0.916. The van der Waals surface area contributed by atoms with Gasteiger partial charge in [0.2, 0.25) is 0 Å². The van der Waals surface area contributed by atoms with Gasteiger partial charge in [-0.25, -0.2) is 0 Å². The Labute approximate surface area is 238 Å². The van der Waals surface area contributed by atoms with E-state index >= 15 is 0 Å². The number of phenolic OH excluding ortho intramolecular Hbond substituents is 1. The largest absolute Gasteiger partial charge is 0.507 e. The van der Waals surface area contributed by atoms with Crippen LogP contribution in [0.25, 0.3) is 5.76 Å². The lowest BCUT2D eigenvalue weighted by Gasteiger charge is -2.26. The maximum Gasteiger partial charge on any atom is 0.295 e. The number of aryl methyl sites for hydroxylation is 1. The molecule has 3 aromatic carbocycles. The molecular formula is C33H30N2O6. The molecule has 1 fully saturated rings. The first-order chi connectivity index (χ1) is 19.9. The highest BCUT2D eigenvalue weighted by atomic mass is 16.5. The molecule has 0 aliphatic carbocycles. The number of carbonyl (C=O) groups is 2. The van der Waals surface area contributed by atoms with Crippen LogP contribution in [0.3, 0.4) is 0 Å². The van der Waals surface area contributed by atoms with Crippen LogP contribution in [0.1, 0.15) is 40.8 Å². The molecule has 2 N–H and O–H groups in total. The van der Waals surface area contributed by atoms with E-state index in [0.29, 0.717) is 30.1 Å². The summed E-state index contributed by atoms with van der Waals surface area (Å²) >= 11 is 0. The molecule has 1 atom stereocenters. The molecular weight excluding hydrogens is 520 g/mol. The minimum Gasteiger partial charge on any atom is -0.507 e. The molecule has 5 rings (SSSR count). The third-order valence-corrected chi connectivity index (χ3v) is 6.86. The van der Waals surface area contributed by atoms with Gasteiger partial charge in [0.05, 0.1) is 18.2 Å². The molecule has 2 heterocycles. The first-order valence-corrected chi connectivity index (χ1v) is 13.3. The number of ketones is 1. The number of Topliss-reactive ketones (excluding diaryl/α,β-unsaturated/α-hetero) is 1. The van der Waals surface area contributed by atoms with E-state index < -0.39 is 17.7 Å². The van der Waals surface area contributed by atoms with Gasteiger partial charge in [-0.15, -0.1) is 0 Å². The molecule has 1 amide bonds. The summed E-state index contributed by atoms with van der Waals surface area (Å²) < 4.78 is 11.5. The van der Waals surface area contributed by atoms with Crippen molar-refractivity contribution in [1.82, 2.24) is 9.88 Å². The van der Waals surface area contributed by atoms with Crippen molar-refractivity contribution in [3.63, 3.8) is 0 Å². The van der Waals surface area contributed by atoms with Crippen LogP contribution in [-0.2, 0) is 22.7 Å². The first kappa shape index (κ1) is 27.5. The van der Waals surface area contributed by atoms with E-state index in [4.69, 9.17) is 9.47 Å². The fourth-order valence-electron chi connectivity index (χ4n) is 4.88. The molecule has 0 bridgehead atoms. The molecule has 0 saturated carbocycles. The van der Waals surface area contributed by atoms with Crippen LogP contribution < -0.4 is 9.47 Å². The quantitative estimate of drug-likeness (QED) is 0.156. The number of aliphatic hydroxyl groups is 1. The van der Waals surface area contributed by atoms with Crippen LogP contribution in [-0.4, -0.2) is 38.4 Å². The zero-order chi connectivity index (χ0) is 28.9. The van der Waals surface area contributed by atoms with Gasteiger partial charge >= 0.3 is 0 Å². The fraction of sp³-hybridized carbons (Fsp3) is 0.182. The van der Waals surface area contributed by atoms with Crippen molar-refractivity contribution in [2.75, 3.05) is 6.61 Å². The standard InChI is InChI=1S/C33H30N2O6/c1-3-40-28-18-25(9-12-27(28)36)30-29(32(38)33(39)35(30)19-22-13-15-34-16-14-22)31(37)24-7-10-26(11-8-24)41-20-23-6-4-5-21(2)17-23/h4-18,30,36-37H,3,19-20H2,1-2H3/t30-/m0/s1. The number of aliphatic hydroxyl groups excluding tert-OH is 1. The summed E-state index contributed by atoms with van der Waals surface area (Å²) in [5.74, 6) is -1.10. The predicted molar refractivity (Wildman–Crippen MR) is 153 cm³/mol. The van der Waals surface area contributed by atoms with Gasteiger partial charge in [0.1, 0.15) is 18.1 Å². The number of nitrogens with zero attached hydrogens (tertiary/aromatic N) is 2. The third-order valence-electron chi connectivity index (χ3n) is 6.86. The lowest BCUT2D eigenvalue weighted by Crippen LogP contribution is -2.29. The number of ether oxygens (including phenoxy) is 2. The number of rotatable bonds is 9. The number of likely N-dealkylation sites (tertiary alicyclic amines) is 1. The second-order valence-electron chi connectivity index (χ2n) is 9.74. The second-order valence-corrected chi connectivity index (χ2v) is 9.74. The lowest BCUT2D eigenvalue weighted by atomic mass is 9.94. The van der Waals surface area contributed by atoms with Gasteiger partial charge in [-0.05, 0) is 79.1 Å². The van der Waals surface area contributed by atoms with Crippen LogP contribution in [0.4, 0.5) is 0 Å². The van der Waals surface area contributed by atoms with Crippen LogP contribution >= 0.6 is 0 Å². The van der Waals surface area contributed by atoms with Crippen molar-refractivity contribution in [1.29, 1.82) is 0 Å². The Kier molecular flexibility index (Phi) is 8.01. The summed E-state index contributed by atoms with van der Waals surface area (Å²) in [7, 11) is 0. The molecule has 208 valence electrons. The van der Waals surface area contributed by atoms with Gasteiger partial charge in [-0.1, -0.05) is 35.9 Å². The number of hydrogen-bond donors (Lipinski definition) is 2. The number of carbonyl (C=O) groups excluding carboxylic acids is 2. The Morgan fingerprint density at radius 1 is 0.927 bits per heavy atom. The van der Waals surface area contributed by atoms with Gasteiger partial charge < -0.3 is 24.6 Å². The summed E-state index contributed by atoms with van der Waals surface area (Å²) in [4.78, 5) is 32.2. The average molecular weight is 551 g/mol. The maximum atomic E-state index is 13.4. The van der Waals surface area contributed by atoms with Crippen molar-refractivity contribution in [2.45, 2.75) is 33.0 Å². The van der Waals surface area contributed by atoms with E-state index in [0.717, 1.165) is 16.7 Å². The second kappa shape index (κ2) is 12.0. The SMILES string of the molecule is CCOc1cc([C@H]2C(=C(O)c3ccc(OCc4cccc(C)c4)cc3)C(=O)C(=O)N2Cc2ccncc2)ccc1O. The smallest absolute Gasteiger partial charge is 0.295 e. The number of pyridine rings is 1. The molecule has 8 heteroatoms. The number of phenols is 1. The normalized spacial score (nSPS) is 16.1. The molecule has 1 aliphatic heterocycles. The number of aromatic nitrogens is 1. The molecule has 4 aromatic rings. The van der Waals surface area contributed by atoms with Gasteiger partial charge in [0.15, 0.2) is 11.5 Å². The van der Waals surface area contributed by atoms with E-state index in [2.05, 4.69) is 4.98 Å². The number of benzene rings is 3. The fourth-order valence-corrected chi connectivity index (χ4v) is 4.88. The molecule has 1 aliphatic rings. The van der Waals surface area contributed by atoms with Gasteiger partial charge in [-0.3, -0.25) is 14.6 Å². The topological polar surface area (TPSA) is 109 Å². The van der Waals surface area contributed by atoms with Crippen molar-refractivity contribution >= 4 is 17.4 Å². The Morgan fingerprint density at radius 2 is 1.68 bits per heavy atom. The highest BCUT2D eigenvalue weighted by Gasteiger charge is 2.46. The van der Waals surface area contributed by atoms with E-state index in [9.17, 15) is 19.8 Å². The Morgan fingerprint density at radius 3 is 2.39 bits per heavy atom. The molecule has 1 saturated heterocycles. The maximum absolute atomic E-state index is 13.4. The van der Waals surface area contributed by atoms with Crippen molar-refractivity contribution in [2.24, 2.45) is 0 Å². The van der Waals surface area contributed by atoms with Gasteiger partial charge in [0.25, 0.3) is 11.7 Å². The molecule has 0 radical (unpaired) electrons. The predicted octanol–water partition coefficient (Wildman–Crippen LogP) is 5.70. The Balaban J connectivity index is 1.50.